The summed E-state index contributed by atoms with van der Waals surface area (Å²) < 4.78 is 6.58. The van der Waals surface area contributed by atoms with Crippen LogP contribution in [0.5, 0.6) is 0 Å². The summed E-state index contributed by atoms with van der Waals surface area (Å²) in [4.78, 5) is 10.4. The van der Waals surface area contributed by atoms with Gasteiger partial charge >= 0.3 is 0 Å². The quantitative estimate of drug-likeness (QED) is 0.191. The van der Waals surface area contributed by atoms with Crippen LogP contribution in [0.4, 0.5) is 0 Å². The zero-order valence-electron chi connectivity index (χ0n) is 27.5. The van der Waals surface area contributed by atoms with Crippen LogP contribution in [-0.4, -0.2) is 9.97 Å². The molecule has 11 rings (SSSR count). The molecule has 3 nitrogen and oxygen atoms in total. The topological polar surface area (TPSA) is 38.9 Å². The van der Waals surface area contributed by atoms with E-state index >= 15 is 0 Å². The molecule has 0 unspecified atom stereocenters. The smallest absolute Gasteiger partial charge is 0.160 e. The summed E-state index contributed by atoms with van der Waals surface area (Å²) in [6, 6.07) is 60.0. The lowest BCUT2D eigenvalue weighted by atomic mass is 9.93. The average Bonchev–Trinajstić information content (AvgIpc) is 3.74. The van der Waals surface area contributed by atoms with Crippen molar-refractivity contribution in [3.05, 3.63) is 170 Å². The molecule has 236 valence electrons. The SMILES string of the molecule is c1ccc(-c2nc(-c3ccc4oc5cc6c7c(cccc7c5c4c3)-c3ccccc3-6)cc(-c3ccc(-c4ccccc4)c4ccccc34)n2)cc1. The lowest BCUT2D eigenvalue weighted by Gasteiger charge is -2.14. The normalized spacial score (nSPS) is 11.9. The standard InChI is InChI=1S/C48H28N2O/c1-3-12-29(13-4-1)32-23-24-37(34-17-8-7-16-33(32)34)43-28-42(49-48(50-43)30-14-5-2-6-15-30)31-22-25-44-41(26-31)47-39-21-11-20-38-35-18-9-10-19-36(35)40(46(38)39)27-45(47)51-44/h1-28H. The molecule has 0 aliphatic heterocycles. The molecule has 0 saturated heterocycles. The molecule has 0 atom stereocenters. The van der Waals surface area contributed by atoms with Crippen LogP contribution in [0.2, 0.25) is 0 Å². The van der Waals surface area contributed by atoms with Crippen molar-refractivity contribution < 1.29 is 4.42 Å². The number of nitrogens with zero attached hydrogens (tertiary/aromatic N) is 2. The summed E-state index contributed by atoms with van der Waals surface area (Å²) in [5, 5.41) is 7.08. The molecule has 3 heteroatoms. The van der Waals surface area contributed by atoms with Gasteiger partial charge in [-0.25, -0.2) is 9.97 Å². The summed E-state index contributed by atoms with van der Waals surface area (Å²) in [6.45, 7) is 0. The van der Waals surface area contributed by atoms with Gasteiger partial charge in [0.15, 0.2) is 5.82 Å². The van der Waals surface area contributed by atoms with Gasteiger partial charge in [-0.1, -0.05) is 140 Å². The monoisotopic (exact) mass is 648 g/mol. The van der Waals surface area contributed by atoms with Crippen molar-refractivity contribution in [2.45, 2.75) is 0 Å². The number of rotatable bonds is 4. The summed E-state index contributed by atoms with van der Waals surface area (Å²) in [6.07, 6.45) is 0. The molecule has 0 radical (unpaired) electrons. The highest BCUT2D eigenvalue weighted by Crippen LogP contribution is 2.51. The first kappa shape index (κ1) is 28.0. The van der Waals surface area contributed by atoms with Crippen LogP contribution >= 0.6 is 0 Å². The number of fused-ring (bicyclic) bond motifs is 8. The average molecular weight is 649 g/mol. The Morgan fingerprint density at radius 2 is 0.941 bits per heavy atom. The Kier molecular flexibility index (Phi) is 5.96. The summed E-state index contributed by atoms with van der Waals surface area (Å²) in [5.74, 6) is 0.694. The van der Waals surface area contributed by atoms with Gasteiger partial charge in [-0.2, -0.15) is 0 Å². The third-order valence-corrected chi connectivity index (χ3v) is 10.4. The van der Waals surface area contributed by atoms with Crippen molar-refractivity contribution in [3.63, 3.8) is 0 Å². The van der Waals surface area contributed by atoms with Gasteiger partial charge in [-0.15, -0.1) is 0 Å². The summed E-state index contributed by atoms with van der Waals surface area (Å²) >= 11 is 0. The highest BCUT2D eigenvalue weighted by Gasteiger charge is 2.25. The van der Waals surface area contributed by atoms with Gasteiger partial charge in [0.2, 0.25) is 0 Å². The third-order valence-electron chi connectivity index (χ3n) is 10.4. The predicted molar refractivity (Wildman–Crippen MR) is 210 cm³/mol. The Balaban J connectivity index is 1.14. The van der Waals surface area contributed by atoms with Gasteiger partial charge in [0, 0.05) is 27.5 Å². The molecule has 0 saturated carbocycles. The Bertz CT molecular complexity index is 3010. The molecule has 0 bridgehead atoms. The molecule has 8 aromatic carbocycles. The first-order valence-electron chi connectivity index (χ1n) is 17.3. The Morgan fingerprint density at radius 1 is 0.314 bits per heavy atom. The van der Waals surface area contributed by atoms with Crippen LogP contribution in [0.25, 0.3) is 111 Å². The largest absolute Gasteiger partial charge is 0.456 e. The molecule has 1 aliphatic rings. The van der Waals surface area contributed by atoms with E-state index in [4.69, 9.17) is 14.4 Å². The second-order valence-corrected chi connectivity index (χ2v) is 13.3. The molecule has 10 aromatic rings. The fraction of sp³-hybridized carbons (Fsp3) is 0. The maximum Gasteiger partial charge on any atom is 0.160 e. The van der Waals surface area contributed by atoms with E-state index in [0.717, 1.165) is 55.4 Å². The lowest BCUT2D eigenvalue weighted by molar-refractivity contribution is 0.669. The van der Waals surface area contributed by atoms with E-state index in [9.17, 15) is 0 Å². The number of hydrogen-bond donors (Lipinski definition) is 0. The molecule has 2 heterocycles. The van der Waals surface area contributed by atoms with Crippen LogP contribution in [0.3, 0.4) is 0 Å². The second-order valence-electron chi connectivity index (χ2n) is 13.3. The lowest BCUT2D eigenvalue weighted by Crippen LogP contribution is -1.96. The fourth-order valence-corrected chi connectivity index (χ4v) is 8.14. The molecule has 0 fully saturated rings. The Labute approximate surface area is 294 Å². The third kappa shape index (κ3) is 4.25. The minimum Gasteiger partial charge on any atom is -0.456 e. The van der Waals surface area contributed by atoms with Gasteiger partial charge < -0.3 is 4.42 Å². The fourth-order valence-electron chi connectivity index (χ4n) is 8.14. The molecule has 0 amide bonds. The number of furan rings is 1. The van der Waals surface area contributed by atoms with Gasteiger partial charge in [-0.05, 0) is 85.3 Å². The van der Waals surface area contributed by atoms with E-state index in [1.807, 2.05) is 18.2 Å². The minimum atomic E-state index is 0.694. The summed E-state index contributed by atoms with van der Waals surface area (Å²) in [7, 11) is 0. The van der Waals surface area contributed by atoms with Crippen molar-refractivity contribution in [1.29, 1.82) is 0 Å². The van der Waals surface area contributed by atoms with Crippen LogP contribution in [0.1, 0.15) is 0 Å². The maximum atomic E-state index is 6.58. The second kappa shape index (κ2) is 10.8. The van der Waals surface area contributed by atoms with E-state index in [0.29, 0.717) is 5.82 Å². The molecule has 0 spiro atoms. The number of hydrogen-bond acceptors (Lipinski definition) is 3. The molecule has 0 N–H and O–H groups in total. The van der Waals surface area contributed by atoms with Crippen molar-refractivity contribution in [2.75, 3.05) is 0 Å². The van der Waals surface area contributed by atoms with Gasteiger partial charge in [0.1, 0.15) is 11.2 Å². The zero-order chi connectivity index (χ0) is 33.5. The Morgan fingerprint density at radius 3 is 1.75 bits per heavy atom. The molecule has 2 aromatic heterocycles. The first-order chi connectivity index (χ1) is 25.3. The maximum absolute atomic E-state index is 6.58. The van der Waals surface area contributed by atoms with Crippen molar-refractivity contribution in [1.82, 2.24) is 9.97 Å². The minimum absolute atomic E-state index is 0.694. The van der Waals surface area contributed by atoms with E-state index < -0.39 is 0 Å². The van der Waals surface area contributed by atoms with Crippen molar-refractivity contribution in [3.8, 4) is 67.3 Å². The van der Waals surface area contributed by atoms with Crippen LogP contribution in [0.15, 0.2) is 174 Å². The van der Waals surface area contributed by atoms with E-state index in [-0.39, 0.29) is 0 Å². The molecular weight excluding hydrogens is 621 g/mol. The zero-order valence-corrected chi connectivity index (χ0v) is 27.5. The van der Waals surface area contributed by atoms with Gasteiger partial charge in [-0.3, -0.25) is 0 Å². The van der Waals surface area contributed by atoms with Gasteiger partial charge in [0.05, 0.1) is 11.4 Å². The summed E-state index contributed by atoms with van der Waals surface area (Å²) in [5.41, 5.74) is 14.0. The number of aromatic nitrogens is 2. The van der Waals surface area contributed by atoms with Crippen LogP contribution < -0.4 is 0 Å². The number of benzene rings is 8. The highest BCUT2D eigenvalue weighted by molar-refractivity contribution is 6.28. The molecular formula is C48H28N2O. The van der Waals surface area contributed by atoms with E-state index in [1.165, 1.54) is 49.5 Å². The Hall–Kier alpha value is -6.84. The van der Waals surface area contributed by atoms with Crippen LogP contribution in [-0.2, 0) is 0 Å². The molecule has 51 heavy (non-hydrogen) atoms. The first-order valence-corrected chi connectivity index (χ1v) is 17.3. The van der Waals surface area contributed by atoms with Gasteiger partial charge in [0.25, 0.3) is 0 Å². The van der Waals surface area contributed by atoms with Crippen molar-refractivity contribution >= 4 is 43.5 Å². The molecule has 1 aliphatic carbocycles. The highest BCUT2D eigenvalue weighted by atomic mass is 16.3. The van der Waals surface area contributed by atoms with E-state index in [1.54, 1.807) is 0 Å². The predicted octanol–water partition coefficient (Wildman–Crippen LogP) is 13.0. The van der Waals surface area contributed by atoms with Crippen molar-refractivity contribution in [2.24, 2.45) is 0 Å². The van der Waals surface area contributed by atoms with E-state index in [2.05, 4.69) is 152 Å². The van der Waals surface area contributed by atoms with Crippen LogP contribution in [0, 0.1) is 0 Å².